The minimum absolute atomic E-state index is 0.0151. The van der Waals surface area contributed by atoms with Crippen molar-refractivity contribution < 1.29 is 4.79 Å². The van der Waals surface area contributed by atoms with Crippen molar-refractivity contribution in [3.63, 3.8) is 0 Å². The Morgan fingerprint density at radius 1 is 1.05 bits per heavy atom. The van der Waals surface area contributed by atoms with Crippen molar-refractivity contribution in [1.29, 1.82) is 0 Å². The Bertz CT molecular complexity index is 366. The molecule has 0 atom stereocenters. The van der Waals surface area contributed by atoms with E-state index >= 15 is 0 Å². The van der Waals surface area contributed by atoms with Gasteiger partial charge in [0.1, 0.15) is 0 Å². The fourth-order valence-electron chi connectivity index (χ4n) is 4.60. The highest BCUT2D eigenvalue weighted by atomic mass is 32.1. The van der Waals surface area contributed by atoms with Gasteiger partial charge in [-0.15, -0.1) is 0 Å². The predicted octanol–water partition coefficient (Wildman–Crippen LogP) is 2.46. The number of amides is 1. The largest absolute Gasteiger partial charge is 0.359 e. The van der Waals surface area contributed by atoms with Gasteiger partial charge in [0.05, 0.1) is 0 Å². The Morgan fingerprint density at radius 3 is 2.05 bits per heavy atom. The molecule has 3 nitrogen and oxygen atoms in total. The van der Waals surface area contributed by atoms with Gasteiger partial charge in [-0.2, -0.15) is 0 Å². The Labute approximate surface area is 120 Å². The molecule has 19 heavy (non-hydrogen) atoms. The third-order valence-electron chi connectivity index (χ3n) is 5.29. The van der Waals surface area contributed by atoms with Gasteiger partial charge in [-0.25, -0.2) is 0 Å². The van der Waals surface area contributed by atoms with Crippen LogP contribution in [0.15, 0.2) is 0 Å². The van der Waals surface area contributed by atoms with Gasteiger partial charge in [0.15, 0.2) is 5.11 Å². The fraction of sp³-hybridized carbons (Fsp3) is 0.867. The van der Waals surface area contributed by atoms with Gasteiger partial charge in [0, 0.05) is 12.0 Å². The van der Waals surface area contributed by atoms with Crippen molar-refractivity contribution in [1.82, 2.24) is 10.6 Å². The van der Waals surface area contributed by atoms with Crippen LogP contribution in [0.25, 0.3) is 0 Å². The molecule has 4 saturated carbocycles. The molecule has 0 aromatic heterocycles. The zero-order valence-electron chi connectivity index (χ0n) is 11.8. The highest BCUT2D eigenvalue weighted by Crippen LogP contribution is 2.53. The van der Waals surface area contributed by atoms with E-state index in [-0.39, 0.29) is 11.8 Å². The molecule has 0 aromatic carbocycles. The van der Waals surface area contributed by atoms with Crippen LogP contribution < -0.4 is 10.6 Å². The Balaban J connectivity index is 1.58. The lowest BCUT2D eigenvalue weighted by atomic mass is 9.54. The van der Waals surface area contributed by atoms with E-state index in [0.29, 0.717) is 11.2 Å². The molecule has 4 aliphatic carbocycles. The summed E-state index contributed by atoms with van der Waals surface area (Å²) < 4.78 is 0. The molecule has 4 rings (SSSR count). The second kappa shape index (κ2) is 5.04. The molecule has 0 spiro atoms. The van der Waals surface area contributed by atoms with E-state index in [9.17, 15) is 4.79 Å². The number of hydrogen-bond acceptors (Lipinski definition) is 2. The summed E-state index contributed by atoms with van der Waals surface area (Å²) in [6, 6.07) is 0.507. The zero-order chi connectivity index (χ0) is 13.6. The molecular formula is C15H24N2OS. The number of rotatable bonds is 2. The minimum Gasteiger partial charge on any atom is -0.359 e. The first-order valence-electron chi connectivity index (χ1n) is 7.64. The standard InChI is InChI=1S/C15H24N2OS/c1-8(2)14(18)17-15(19)16-13-11-4-9-3-10(6-11)7-12(13)5-9/h8-13H,3-7H2,1-2H3,(H2,16,17,18,19). The van der Waals surface area contributed by atoms with E-state index in [4.69, 9.17) is 12.2 Å². The van der Waals surface area contributed by atoms with E-state index < -0.39 is 0 Å². The van der Waals surface area contributed by atoms with Gasteiger partial charge in [-0.05, 0) is 68.0 Å². The molecule has 0 aliphatic heterocycles. The van der Waals surface area contributed by atoms with Crippen molar-refractivity contribution >= 4 is 23.2 Å². The maximum atomic E-state index is 11.7. The molecule has 4 bridgehead atoms. The van der Waals surface area contributed by atoms with Gasteiger partial charge in [-0.1, -0.05) is 13.8 Å². The lowest BCUT2D eigenvalue weighted by Crippen LogP contribution is -2.58. The summed E-state index contributed by atoms with van der Waals surface area (Å²) in [5.74, 6) is 3.51. The Morgan fingerprint density at radius 2 is 1.58 bits per heavy atom. The van der Waals surface area contributed by atoms with Gasteiger partial charge in [0.25, 0.3) is 0 Å². The van der Waals surface area contributed by atoms with Crippen LogP contribution >= 0.6 is 12.2 Å². The van der Waals surface area contributed by atoms with Gasteiger partial charge < -0.3 is 10.6 Å². The number of hydrogen-bond donors (Lipinski definition) is 2. The summed E-state index contributed by atoms with van der Waals surface area (Å²) in [5.41, 5.74) is 0. The molecule has 0 heterocycles. The number of nitrogens with one attached hydrogen (secondary N) is 2. The van der Waals surface area contributed by atoms with Crippen LogP contribution in [-0.2, 0) is 4.79 Å². The zero-order valence-corrected chi connectivity index (χ0v) is 12.6. The van der Waals surface area contributed by atoms with Crippen LogP contribution in [0.4, 0.5) is 0 Å². The van der Waals surface area contributed by atoms with Crippen molar-refractivity contribution in [2.75, 3.05) is 0 Å². The quantitative estimate of drug-likeness (QED) is 0.764. The summed E-state index contributed by atoms with van der Waals surface area (Å²) >= 11 is 5.31. The molecule has 4 heteroatoms. The van der Waals surface area contributed by atoms with Crippen molar-refractivity contribution in [2.24, 2.45) is 29.6 Å². The lowest BCUT2D eigenvalue weighted by molar-refractivity contribution is -0.122. The minimum atomic E-state index is -0.0155. The highest BCUT2D eigenvalue weighted by molar-refractivity contribution is 7.80. The molecule has 2 N–H and O–H groups in total. The van der Waals surface area contributed by atoms with Crippen LogP contribution in [0.1, 0.15) is 46.0 Å². The van der Waals surface area contributed by atoms with Crippen LogP contribution in [0.2, 0.25) is 0 Å². The molecule has 0 unspecified atom stereocenters. The first-order chi connectivity index (χ1) is 9.02. The summed E-state index contributed by atoms with van der Waals surface area (Å²) in [6.45, 7) is 3.78. The normalized spacial score (nSPS) is 39.4. The van der Waals surface area contributed by atoms with Gasteiger partial charge in [-0.3, -0.25) is 4.79 Å². The van der Waals surface area contributed by atoms with Crippen molar-refractivity contribution in [2.45, 2.75) is 52.0 Å². The second-order valence-corrected chi connectivity index (χ2v) is 7.48. The molecule has 4 fully saturated rings. The average molecular weight is 280 g/mol. The second-order valence-electron chi connectivity index (χ2n) is 7.07. The van der Waals surface area contributed by atoms with E-state index in [2.05, 4.69) is 10.6 Å². The SMILES string of the molecule is CC(C)C(=O)NC(=S)NC1C2CC3CC(C2)CC1C3. The molecule has 1 amide bonds. The third-order valence-corrected chi connectivity index (χ3v) is 5.51. The first-order valence-corrected chi connectivity index (χ1v) is 8.05. The summed E-state index contributed by atoms with van der Waals surface area (Å²) in [4.78, 5) is 11.7. The highest BCUT2D eigenvalue weighted by Gasteiger charge is 2.48. The number of carbonyl (C=O) groups excluding carboxylic acids is 1. The molecule has 0 radical (unpaired) electrons. The van der Waals surface area contributed by atoms with Crippen LogP contribution in [-0.4, -0.2) is 17.1 Å². The molecule has 4 aliphatic rings. The van der Waals surface area contributed by atoms with Crippen molar-refractivity contribution in [3.8, 4) is 0 Å². The Kier molecular flexibility index (Phi) is 3.54. The van der Waals surface area contributed by atoms with E-state index in [1.54, 1.807) is 0 Å². The summed E-state index contributed by atoms with van der Waals surface area (Å²) in [6.07, 6.45) is 6.93. The van der Waals surface area contributed by atoms with Crippen LogP contribution in [0, 0.1) is 29.6 Å². The molecule has 106 valence electrons. The van der Waals surface area contributed by atoms with Crippen molar-refractivity contribution in [3.05, 3.63) is 0 Å². The van der Waals surface area contributed by atoms with Gasteiger partial charge in [0.2, 0.25) is 5.91 Å². The molecule has 0 aromatic rings. The summed E-state index contributed by atoms with van der Waals surface area (Å²) in [5, 5.41) is 6.81. The van der Waals surface area contributed by atoms with E-state index in [1.165, 1.54) is 32.1 Å². The van der Waals surface area contributed by atoms with E-state index in [0.717, 1.165) is 23.7 Å². The maximum Gasteiger partial charge on any atom is 0.228 e. The predicted molar refractivity (Wildman–Crippen MR) is 79.5 cm³/mol. The smallest absolute Gasteiger partial charge is 0.228 e. The fourth-order valence-corrected chi connectivity index (χ4v) is 4.84. The topological polar surface area (TPSA) is 41.1 Å². The monoisotopic (exact) mass is 280 g/mol. The molecule has 0 saturated heterocycles. The Hall–Kier alpha value is -0.640. The number of thiocarbonyl (C=S) groups is 1. The first kappa shape index (κ1) is 13.3. The van der Waals surface area contributed by atoms with E-state index in [1.807, 2.05) is 13.8 Å². The number of carbonyl (C=O) groups is 1. The van der Waals surface area contributed by atoms with Gasteiger partial charge >= 0.3 is 0 Å². The van der Waals surface area contributed by atoms with Crippen LogP contribution in [0.5, 0.6) is 0 Å². The summed E-state index contributed by atoms with van der Waals surface area (Å²) in [7, 11) is 0. The maximum absolute atomic E-state index is 11.7. The third kappa shape index (κ3) is 2.64. The average Bonchev–Trinajstić information content (AvgIpc) is 2.32. The molecular weight excluding hydrogens is 256 g/mol. The lowest BCUT2D eigenvalue weighted by Gasteiger charge is -2.54. The van der Waals surface area contributed by atoms with Crippen LogP contribution in [0.3, 0.4) is 0 Å².